The van der Waals surface area contributed by atoms with Gasteiger partial charge in [0, 0.05) is 12.1 Å². The Hall–Kier alpha value is -3.02. The Bertz CT molecular complexity index is 828. The highest BCUT2D eigenvalue weighted by molar-refractivity contribution is 5.53. The molecular weight excluding hydrogens is 316 g/mol. The third kappa shape index (κ3) is 4.09. The molecule has 0 aliphatic heterocycles. The molecule has 25 heavy (non-hydrogen) atoms. The van der Waals surface area contributed by atoms with Gasteiger partial charge in [-0.1, -0.05) is 25.1 Å². The molecule has 0 atom stereocenters. The van der Waals surface area contributed by atoms with Crippen LogP contribution in [0.15, 0.2) is 48.5 Å². The molecule has 0 spiro atoms. The Labute approximate surface area is 147 Å². The first-order chi connectivity index (χ1) is 12.2. The van der Waals surface area contributed by atoms with Gasteiger partial charge in [-0.2, -0.15) is 10.1 Å². The summed E-state index contributed by atoms with van der Waals surface area (Å²) in [5.74, 6) is 3.03. The van der Waals surface area contributed by atoms with Crippen LogP contribution in [0.2, 0.25) is 0 Å². The molecule has 0 aliphatic carbocycles. The quantitative estimate of drug-likeness (QED) is 0.712. The van der Waals surface area contributed by atoms with Crippen molar-refractivity contribution in [1.29, 1.82) is 0 Å². The SMILES string of the molecule is CCc1cc(Nc2cccc(OC)n2)n(Cc2ccc(OC)cc2)n1. The molecule has 0 aliphatic rings. The molecule has 0 unspecified atom stereocenters. The molecule has 3 rings (SSSR count). The molecule has 0 amide bonds. The number of ether oxygens (including phenoxy) is 2. The summed E-state index contributed by atoms with van der Waals surface area (Å²) in [4.78, 5) is 4.40. The number of hydrogen-bond acceptors (Lipinski definition) is 5. The molecule has 6 nitrogen and oxygen atoms in total. The Morgan fingerprint density at radius 3 is 2.52 bits per heavy atom. The van der Waals surface area contributed by atoms with Crippen LogP contribution in [-0.4, -0.2) is 29.0 Å². The van der Waals surface area contributed by atoms with Crippen LogP contribution in [0, 0.1) is 0 Å². The summed E-state index contributed by atoms with van der Waals surface area (Å²) in [6.07, 6.45) is 0.871. The molecular formula is C19H22N4O2. The lowest BCUT2D eigenvalue weighted by Gasteiger charge is -2.10. The van der Waals surface area contributed by atoms with E-state index in [2.05, 4.69) is 22.3 Å². The molecule has 0 saturated carbocycles. The summed E-state index contributed by atoms with van der Waals surface area (Å²) in [5.41, 5.74) is 2.17. The highest BCUT2D eigenvalue weighted by Gasteiger charge is 2.09. The second kappa shape index (κ2) is 7.70. The van der Waals surface area contributed by atoms with Crippen LogP contribution in [0.4, 0.5) is 11.6 Å². The van der Waals surface area contributed by atoms with Crippen LogP contribution >= 0.6 is 0 Å². The highest BCUT2D eigenvalue weighted by atomic mass is 16.5. The molecule has 6 heteroatoms. The van der Waals surface area contributed by atoms with Gasteiger partial charge in [-0.15, -0.1) is 0 Å². The molecule has 2 aromatic heterocycles. The lowest BCUT2D eigenvalue weighted by Crippen LogP contribution is -2.07. The molecule has 1 aromatic carbocycles. The topological polar surface area (TPSA) is 61.2 Å². The van der Waals surface area contributed by atoms with Crippen molar-refractivity contribution in [2.45, 2.75) is 19.9 Å². The first kappa shape index (κ1) is 16.8. The summed E-state index contributed by atoms with van der Waals surface area (Å²) < 4.78 is 12.3. The van der Waals surface area contributed by atoms with Gasteiger partial charge < -0.3 is 14.8 Å². The first-order valence-corrected chi connectivity index (χ1v) is 8.19. The van der Waals surface area contributed by atoms with Gasteiger partial charge in [0.15, 0.2) is 0 Å². The minimum Gasteiger partial charge on any atom is -0.497 e. The summed E-state index contributed by atoms with van der Waals surface area (Å²) in [5, 5.41) is 8.00. The van der Waals surface area contributed by atoms with Gasteiger partial charge in [0.25, 0.3) is 0 Å². The molecule has 2 heterocycles. The molecule has 0 radical (unpaired) electrons. The van der Waals surface area contributed by atoms with E-state index < -0.39 is 0 Å². The fraction of sp³-hybridized carbons (Fsp3) is 0.263. The minimum absolute atomic E-state index is 0.571. The Kier molecular flexibility index (Phi) is 5.18. The van der Waals surface area contributed by atoms with Gasteiger partial charge in [0.2, 0.25) is 5.88 Å². The van der Waals surface area contributed by atoms with E-state index >= 15 is 0 Å². The maximum absolute atomic E-state index is 5.21. The van der Waals surface area contributed by atoms with Gasteiger partial charge >= 0.3 is 0 Å². The number of pyridine rings is 1. The standard InChI is InChI=1S/C19H22N4O2/c1-4-15-12-18(20-17-6-5-7-19(21-17)25-3)23(22-15)13-14-8-10-16(24-2)11-9-14/h5-12H,4,13H2,1-3H3,(H,20,21). The van der Waals surface area contributed by atoms with E-state index in [9.17, 15) is 0 Å². The normalized spacial score (nSPS) is 10.5. The van der Waals surface area contributed by atoms with Gasteiger partial charge in [0.05, 0.1) is 26.5 Å². The lowest BCUT2D eigenvalue weighted by atomic mass is 10.2. The minimum atomic E-state index is 0.571. The van der Waals surface area contributed by atoms with E-state index in [4.69, 9.17) is 9.47 Å². The maximum Gasteiger partial charge on any atom is 0.214 e. The second-order valence-electron chi connectivity index (χ2n) is 5.57. The zero-order valence-corrected chi connectivity index (χ0v) is 14.7. The van der Waals surface area contributed by atoms with Crippen LogP contribution in [0.1, 0.15) is 18.2 Å². The van der Waals surface area contributed by atoms with Crippen LogP contribution < -0.4 is 14.8 Å². The predicted octanol–water partition coefficient (Wildman–Crippen LogP) is 3.65. The summed E-state index contributed by atoms with van der Waals surface area (Å²) >= 11 is 0. The first-order valence-electron chi connectivity index (χ1n) is 8.19. The van der Waals surface area contributed by atoms with Crippen molar-refractivity contribution in [3.63, 3.8) is 0 Å². The average molecular weight is 338 g/mol. The largest absolute Gasteiger partial charge is 0.497 e. The van der Waals surface area contributed by atoms with Crippen molar-refractivity contribution >= 4 is 11.6 Å². The fourth-order valence-corrected chi connectivity index (χ4v) is 2.50. The molecule has 0 saturated heterocycles. The third-order valence-electron chi connectivity index (χ3n) is 3.87. The Morgan fingerprint density at radius 1 is 1.04 bits per heavy atom. The van der Waals surface area contributed by atoms with Crippen LogP contribution in [0.3, 0.4) is 0 Å². The number of nitrogens with one attached hydrogen (secondary N) is 1. The molecule has 0 bridgehead atoms. The van der Waals surface area contributed by atoms with E-state index in [0.717, 1.165) is 35.1 Å². The van der Waals surface area contributed by atoms with Crippen molar-refractivity contribution in [3.8, 4) is 11.6 Å². The number of aromatic nitrogens is 3. The number of hydrogen-bond donors (Lipinski definition) is 1. The second-order valence-corrected chi connectivity index (χ2v) is 5.57. The van der Waals surface area contributed by atoms with E-state index in [1.54, 1.807) is 14.2 Å². The van der Waals surface area contributed by atoms with Crippen LogP contribution in [0.5, 0.6) is 11.6 Å². The Balaban J connectivity index is 1.84. The van der Waals surface area contributed by atoms with Crippen LogP contribution in [-0.2, 0) is 13.0 Å². The number of methoxy groups -OCH3 is 2. The summed E-state index contributed by atoms with van der Waals surface area (Å²) in [6.45, 7) is 2.75. The van der Waals surface area contributed by atoms with Gasteiger partial charge in [-0.3, -0.25) is 0 Å². The van der Waals surface area contributed by atoms with E-state index in [1.165, 1.54) is 0 Å². The lowest BCUT2D eigenvalue weighted by molar-refractivity contribution is 0.398. The summed E-state index contributed by atoms with van der Waals surface area (Å²) in [7, 11) is 3.27. The number of benzene rings is 1. The number of aryl methyl sites for hydroxylation is 1. The van der Waals surface area contributed by atoms with Crippen molar-refractivity contribution < 1.29 is 9.47 Å². The molecule has 3 aromatic rings. The van der Waals surface area contributed by atoms with Crippen molar-refractivity contribution in [2.24, 2.45) is 0 Å². The van der Waals surface area contributed by atoms with Gasteiger partial charge in [-0.25, -0.2) is 4.68 Å². The molecule has 0 fully saturated rings. The van der Waals surface area contributed by atoms with Crippen molar-refractivity contribution in [1.82, 2.24) is 14.8 Å². The smallest absolute Gasteiger partial charge is 0.214 e. The molecule has 1 N–H and O–H groups in total. The highest BCUT2D eigenvalue weighted by Crippen LogP contribution is 2.21. The van der Waals surface area contributed by atoms with Crippen LogP contribution in [0.25, 0.3) is 0 Å². The van der Waals surface area contributed by atoms with Crippen molar-refractivity contribution in [3.05, 3.63) is 59.8 Å². The Morgan fingerprint density at radius 2 is 1.84 bits per heavy atom. The number of rotatable bonds is 7. The zero-order valence-electron chi connectivity index (χ0n) is 14.7. The maximum atomic E-state index is 5.21. The predicted molar refractivity (Wildman–Crippen MR) is 97.8 cm³/mol. The zero-order chi connectivity index (χ0) is 17.6. The number of anilines is 2. The monoisotopic (exact) mass is 338 g/mol. The van der Waals surface area contributed by atoms with Gasteiger partial charge in [-0.05, 0) is 30.2 Å². The van der Waals surface area contributed by atoms with E-state index in [0.29, 0.717) is 12.4 Å². The number of nitrogens with zero attached hydrogens (tertiary/aromatic N) is 3. The van der Waals surface area contributed by atoms with Gasteiger partial charge in [0.1, 0.15) is 17.4 Å². The third-order valence-corrected chi connectivity index (χ3v) is 3.87. The van der Waals surface area contributed by atoms with E-state index in [-0.39, 0.29) is 0 Å². The van der Waals surface area contributed by atoms with E-state index in [1.807, 2.05) is 53.2 Å². The average Bonchev–Trinajstić information content (AvgIpc) is 3.04. The fourth-order valence-electron chi connectivity index (χ4n) is 2.50. The summed E-state index contributed by atoms with van der Waals surface area (Å²) in [6, 6.07) is 15.7. The van der Waals surface area contributed by atoms with Crippen molar-refractivity contribution in [2.75, 3.05) is 19.5 Å². The molecule has 130 valence electrons.